The van der Waals surface area contributed by atoms with Gasteiger partial charge < -0.3 is 9.30 Å². The average molecular weight is 404 g/mol. The number of carbonyl (C=O) groups excluding carboxylic acids is 2. The Balaban J connectivity index is 2.05. The second-order valence-corrected chi connectivity index (χ2v) is 8.75. The SMILES string of the molecule is COC(=O)Cn1c(=NC(=O)c2ccc(S(C)(=O)=O)cc2)sc2ccccc21. The number of esters is 1. The fraction of sp³-hybridized carbons (Fsp3) is 0.167. The van der Waals surface area contributed by atoms with E-state index in [0.29, 0.717) is 4.80 Å². The molecule has 0 saturated heterocycles. The van der Waals surface area contributed by atoms with E-state index >= 15 is 0 Å². The summed E-state index contributed by atoms with van der Waals surface area (Å²) in [5.41, 5.74) is 1.02. The summed E-state index contributed by atoms with van der Waals surface area (Å²) in [6.45, 7) is -0.0698. The molecule has 0 aliphatic rings. The van der Waals surface area contributed by atoms with Gasteiger partial charge in [0.15, 0.2) is 14.6 Å². The van der Waals surface area contributed by atoms with Crippen LogP contribution in [0.4, 0.5) is 0 Å². The maximum absolute atomic E-state index is 12.5. The highest BCUT2D eigenvalue weighted by atomic mass is 32.2. The Morgan fingerprint density at radius 3 is 2.41 bits per heavy atom. The minimum absolute atomic E-state index is 0.0698. The van der Waals surface area contributed by atoms with Crippen molar-refractivity contribution in [2.75, 3.05) is 13.4 Å². The van der Waals surface area contributed by atoms with Crippen molar-refractivity contribution in [2.24, 2.45) is 4.99 Å². The number of carbonyl (C=O) groups is 2. The van der Waals surface area contributed by atoms with Crippen LogP contribution in [0.15, 0.2) is 58.4 Å². The van der Waals surface area contributed by atoms with E-state index in [2.05, 4.69) is 4.99 Å². The molecule has 0 N–H and O–H groups in total. The van der Waals surface area contributed by atoms with Crippen molar-refractivity contribution in [1.29, 1.82) is 0 Å². The molecule has 1 amide bonds. The Bertz CT molecular complexity index is 1190. The fourth-order valence-electron chi connectivity index (χ4n) is 2.45. The summed E-state index contributed by atoms with van der Waals surface area (Å²) < 4.78 is 30.3. The van der Waals surface area contributed by atoms with E-state index < -0.39 is 21.7 Å². The summed E-state index contributed by atoms with van der Waals surface area (Å²) in [5.74, 6) is -0.981. The standard InChI is InChI=1S/C18H16N2O5S2/c1-25-16(21)11-20-14-5-3-4-6-15(14)26-18(20)19-17(22)12-7-9-13(10-8-12)27(2,23)24/h3-10H,11H2,1-2H3. The summed E-state index contributed by atoms with van der Waals surface area (Å²) >= 11 is 1.28. The van der Waals surface area contributed by atoms with Gasteiger partial charge in [0.2, 0.25) is 0 Å². The van der Waals surface area contributed by atoms with Gasteiger partial charge in [0.25, 0.3) is 5.91 Å². The minimum Gasteiger partial charge on any atom is -0.468 e. The Morgan fingerprint density at radius 1 is 1.11 bits per heavy atom. The number of aromatic nitrogens is 1. The molecular weight excluding hydrogens is 388 g/mol. The van der Waals surface area contributed by atoms with Gasteiger partial charge in [-0.25, -0.2) is 8.42 Å². The Labute approximate surface area is 159 Å². The fourth-order valence-corrected chi connectivity index (χ4v) is 4.11. The van der Waals surface area contributed by atoms with E-state index in [-0.39, 0.29) is 17.0 Å². The van der Waals surface area contributed by atoms with Gasteiger partial charge in [-0.1, -0.05) is 23.5 Å². The van der Waals surface area contributed by atoms with Crippen LogP contribution in [0.5, 0.6) is 0 Å². The number of sulfone groups is 1. The first-order valence-corrected chi connectivity index (χ1v) is 10.5. The minimum atomic E-state index is -3.34. The summed E-state index contributed by atoms with van der Waals surface area (Å²) in [6, 6.07) is 13.0. The third-order valence-electron chi connectivity index (χ3n) is 3.83. The molecule has 0 unspecified atom stereocenters. The number of rotatable bonds is 4. The molecule has 0 spiro atoms. The van der Waals surface area contributed by atoms with Gasteiger partial charge in [0.05, 0.1) is 22.2 Å². The lowest BCUT2D eigenvalue weighted by molar-refractivity contribution is -0.141. The lowest BCUT2D eigenvalue weighted by atomic mass is 10.2. The van der Waals surface area contributed by atoms with Gasteiger partial charge in [-0.3, -0.25) is 9.59 Å². The molecule has 7 nitrogen and oxygen atoms in total. The number of para-hydroxylation sites is 1. The van der Waals surface area contributed by atoms with Crippen LogP contribution in [-0.4, -0.2) is 38.2 Å². The molecule has 0 aliphatic carbocycles. The van der Waals surface area contributed by atoms with E-state index in [0.717, 1.165) is 16.5 Å². The number of thiazole rings is 1. The van der Waals surface area contributed by atoms with Crippen LogP contribution in [0.1, 0.15) is 10.4 Å². The third-order valence-corrected chi connectivity index (χ3v) is 6.02. The van der Waals surface area contributed by atoms with Gasteiger partial charge in [0, 0.05) is 11.8 Å². The number of hydrogen-bond donors (Lipinski definition) is 0. The molecule has 0 atom stereocenters. The summed E-state index contributed by atoms with van der Waals surface area (Å²) in [5, 5.41) is 0. The van der Waals surface area contributed by atoms with E-state index in [4.69, 9.17) is 4.74 Å². The molecular formula is C18H16N2O5S2. The van der Waals surface area contributed by atoms with Crippen molar-refractivity contribution < 1.29 is 22.7 Å². The maximum Gasteiger partial charge on any atom is 0.325 e. The van der Waals surface area contributed by atoms with Gasteiger partial charge in [-0.15, -0.1) is 0 Å². The number of benzene rings is 2. The van der Waals surface area contributed by atoms with Gasteiger partial charge >= 0.3 is 5.97 Å². The lowest BCUT2D eigenvalue weighted by Gasteiger charge is -2.03. The quantitative estimate of drug-likeness (QED) is 0.620. The van der Waals surface area contributed by atoms with Crippen LogP contribution in [0, 0.1) is 0 Å². The van der Waals surface area contributed by atoms with E-state index in [1.165, 1.54) is 42.7 Å². The Kier molecular flexibility index (Phi) is 5.24. The average Bonchev–Trinajstić information content (AvgIpc) is 2.98. The highest BCUT2D eigenvalue weighted by Crippen LogP contribution is 2.17. The molecule has 9 heteroatoms. The van der Waals surface area contributed by atoms with Crippen LogP contribution in [0.25, 0.3) is 10.2 Å². The zero-order valence-corrected chi connectivity index (χ0v) is 16.2. The zero-order valence-electron chi connectivity index (χ0n) is 14.6. The number of hydrogen-bond acceptors (Lipinski definition) is 6. The number of methoxy groups -OCH3 is 1. The number of ether oxygens (including phenoxy) is 1. The molecule has 3 aromatic rings. The summed E-state index contributed by atoms with van der Waals surface area (Å²) in [4.78, 5) is 28.9. The first-order valence-electron chi connectivity index (χ1n) is 7.84. The second kappa shape index (κ2) is 7.45. The van der Waals surface area contributed by atoms with Crippen molar-refractivity contribution in [2.45, 2.75) is 11.4 Å². The largest absolute Gasteiger partial charge is 0.468 e. The Hall–Kier alpha value is -2.78. The molecule has 0 fully saturated rings. The van der Waals surface area contributed by atoms with Crippen LogP contribution in [-0.2, 0) is 25.9 Å². The van der Waals surface area contributed by atoms with Crippen LogP contribution in [0.2, 0.25) is 0 Å². The monoisotopic (exact) mass is 404 g/mol. The van der Waals surface area contributed by atoms with Crippen molar-refractivity contribution in [3.8, 4) is 0 Å². The predicted octanol–water partition coefficient (Wildman–Crippen LogP) is 2.02. The van der Waals surface area contributed by atoms with Gasteiger partial charge in [0.1, 0.15) is 6.54 Å². The highest BCUT2D eigenvalue weighted by molar-refractivity contribution is 7.90. The lowest BCUT2D eigenvalue weighted by Crippen LogP contribution is -2.22. The van der Waals surface area contributed by atoms with Crippen molar-refractivity contribution in [3.05, 3.63) is 58.9 Å². The summed E-state index contributed by atoms with van der Waals surface area (Å²) in [6.07, 6.45) is 1.10. The molecule has 0 bridgehead atoms. The molecule has 0 saturated carbocycles. The number of amides is 1. The topological polar surface area (TPSA) is 94.8 Å². The van der Waals surface area contributed by atoms with Crippen molar-refractivity contribution in [3.63, 3.8) is 0 Å². The molecule has 1 aromatic heterocycles. The van der Waals surface area contributed by atoms with Crippen molar-refractivity contribution >= 4 is 43.3 Å². The van der Waals surface area contributed by atoms with E-state index in [9.17, 15) is 18.0 Å². The van der Waals surface area contributed by atoms with Crippen LogP contribution < -0.4 is 4.80 Å². The molecule has 27 heavy (non-hydrogen) atoms. The molecule has 3 rings (SSSR count). The van der Waals surface area contributed by atoms with Crippen LogP contribution >= 0.6 is 11.3 Å². The smallest absolute Gasteiger partial charge is 0.325 e. The molecule has 140 valence electrons. The zero-order chi connectivity index (χ0) is 19.6. The Morgan fingerprint density at radius 2 is 1.78 bits per heavy atom. The van der Waals surface area contributed by atoms with E-state index in [1.54, 1.807) is 4.57 Å². The van der Waals surface area contributed by atoms with Gasteiger partial charge in [-0.05, 0) is 36.4 Å². The molecule has 0 aliphatic heterocycles. The van der Waals surface area contributed by atoms with Gasteiger partial charge in [-0.2, -0.15) is 4.99 Å². The molecule has 2 aromatic carbocycles. The maximum atomic E-state index is 12.5. The second-order valence-electron chi connectivity index (χ2n) is 5.73. The summed E-state index contributed by atoms with van der Waals surface area (Å²) in [7, 11) is -2.05. The van der Waals surface area contributed by atoms with Crippen molar-refractivity contribution in [1.82, 2.24) is 4.57 Å². The first kappa shape index (κ1) is 19.0. The molecule has 0 radical (unpaired) electrons. The highest BCUT2D eigenvalue weighted by Gasteiger charge is 2.13. The van der Waals surface area contributed by atoms with Crippen LogP contribution in [0.3, 0.4) is 0 Å². The van der Waals surface area contributed by atoms with E-state index in [1.807, 2.05) is 24.3 Å². The number of fused-ring (bicyclic) bond motifs is 1. The number of nitrogens with zero attached hydrogens (tertiary/aromatic N) is 2. The normalized spacial score (nSPS) is 12.3. The molecule has 1 heterocycles. The first-order chi connectivity index (χ1) is 12.8. The predicted molar refractivity (Wildman–Crippen MR) is 101 cm³/mol. The third kappa shape index (κ3) is 4.15.